The van der Waals surface area contributed by atoms with Crippen LogP contribution < -0.4 is 5.32 Å². The zero-order valence-corrected chi connectivity index (χ0v) is 11.8. The minimum atomic E-state index is -0.186. The number of para-hydroxylation sites is 1. The number of halogens is 1. The van der Waals surface area contributed by atoms with Crippen molar-refractivity contribution in [3.05, 3.63) is 51.5 Å². The Kier molecular flexibility index (Phi) is 4.02. The number of nitrogens with one attached hydrogen (secondary N) is 1. The van der Waals surface area contributed by atoms with Crippen LogP contribution in [0.15, 0.2) is 30.3 Å². The van der Waals surface area contributed by atoms with Crippen molar-refractivity contribution in [1.29, 1.82) is 0 Å². The summed E-state index contributed by atoms with van der Waals surface area (Å²) in [4.78, 5) is 2.61. The maximum absolute atomic E-state index is 13.7. The molecular weight excluding hydrogens is 245 g/mol. The fraction of sp³-hybridized carbons (Fsp3) is 0.333. The molecule has 96 valence electrons. The highest BCUT2D eigenvalue weighted by Crippen LogP contribution is 2.28. The van der Waals surface area contributed by atoms with Gasteiger partial charge in [0.1, 0.15) is 5.82 Å². The predicted molar refractivity (Wildman–Crippen MR) is 76.9 cm³/mol. The Morgan fingerprint density at radius 2 is 2.06 bits per heavy atom. The fourth-order valence-corrected chi connectivity index (χ4v) is 2.87. The van der Waals surface area contributed by atoms with Crippen LogP contribution in [0, 0.1) is 12.7 Å². The third-order valence-corrected chi connectivity index (χ3v) is 4.45. The van der Waals surface area contributed by atoms with Gasteiger partial charge in [0.05, 0.1) is 11.7 Å². The van der Waals surface area contributed by atoms with Crippen molar-refractivity contribution in [2.45, 2.75) is 33.2 Å². The average Bonchev–Trinajstić information content (AvgIpc) is 2.82. The normalized spacial score (nSPS) is 12.4. The van der Waals surface area contributed by atoms with E-state index in [0.717, 1.165) is 12.0 Å². The molecule has 0 aliphatic carbocycles. The second-order valence-electron chi connectivity index (χ2n) is 4.46. The first kappa shape index (κ1) is 13.1. The molecule has 1 atom stereocenters. The number of hydrogen-bond acceptors (Lipinski definition) is 2. The molecule has 0 aliphatic rings. The van der Waals surface area contributed by atoms with Crippen molar-refractivity contribution in [3.63, 3.8) is 0 Å². The Morgan fingerprint density at radius 1 is 1.28 bits per heavy atom. The molecule has 1 nitrogen and oxygen atoms in total. The quantitative estimate of drug-likeness (QED) is 0.824. The number of rotatable bonds is 4. The lowest BCUT2D eigenvalue weighted by atomic mass is 10.1. The number of aryl methyl sites for hydroxylation is 2. The molecule has 0 radical (unpaired) electrons. The van der Waals surface area contributed by atoms with Crippen molar-refractivity contribution in [2.24, 2.45) is 0 Å². The molecule has 0 amide bonds. The summed E-state index contributed by atoms with van der Waals surface area (Å²) in [6.07, 6.45) is 1.05. The molecule has 0 aliphatic heterocycles. The van der Waals surface area contributed by atoms with E-state index in [1.54, 1.807) is 17.4 Å². The van der Waals surface area contributed by atoms with Crippen molar-refractivity contribution in [1.82, 2.24) is 0 Å². The summed E-state index contributed by atoms with van der Waals surface area (Å²) < 4.78 is 13.7. The maximum atomic E-state index is 13.7. The molecule has 0 saturated carbocycles. The van der Waals surface area contributed by atoms with Crippen molar-refractivity contribution < 1.29 is 4.39 Å². The summed E-state index contributed by atoms with van der Waals surface area (Å²) >= 11 is 1.79. The van der Waals surface area contributed by atoms with E-state index in [4.69, 9.17) is 0 Å². The molecule has 1 aromatic carbocycles. The molecule has 0 bridgehead atoms. The molecule has 18 heavy (non-hydrogen) atoms. The first-order valence-corrected chi connectivity index (χ1v) is 7.03. The molecule has 0 spiro atoms. The van der Waals surface area contributed by atoms with Gasteiger partial charge in [-0.05, 0) is 44.0 Å². The lowest BCUT2D eigenvalue weighted by molar-refractivity contribution is 0.626. The molecule has 1 N–H and O–H groups in total. The molecule has 0 saturated heterocycles. The SMILES string of the molecule is CCc1ccc(C(C)Nc2c(C)cccc2F)s1. The lowest BCUT2D eigenvalue weighted by Gasteiger charge is -2.16. The van der Waals surface area contributed by atoms with Gasteiger partial charge in [0, 0.05) is 9.75 Å². The molecule has 1 heterocycles. The number of thiophene rings is 1. The summed E-state index contributed by atoms with van der Waals surface area (Å²) in [5.41, 5.74) is 1.55. The minimum absolute atomic E-state index is 0.130. The second kappa shape index (κ2) is 5.53. The summed E-state index contributed by atoms with van der Waals surface area (Å²) in [6.45, 7) is 6.13. The van der Waals surface area contributed by atoms with E-state index in [1.165, 1.54) is 15.8 Å². The van der Waals surface area contributed by atoms with Crippen LogP contribution in [-0.4, -0.2) is 0 Å². The number of anilines is 1. The Hall–Kier alpha value is -1.35. The van der Waals surface area contributed by atoms with Crippen LogP contribution >= 0.6 is 11.3 Å². The zero-order valence-electron chi connectivity index (χ0n) is 11.0. The Bertz CT molecular complexity index is 513. The molecule has 3 heteroatoms. The Morgan fingerprint density at radius 3 is 2.67 bits per heavy atom. The van der Waals surface area contributed by atoms with Crippen LogP contribution in [0.4, 0.5) is 10.1 Å². The van der Waals surface area contributed by atoms with Gasteiger partial charge < -0.3 is 5.32 Å². The molecular formula is C15H18FNS. The summed E-state index contributed by atoms with van der Waals surface area (Å²) in [7, 11) is 0. The highest BCUT2D eigenvalue weighted by molar-refractivity contribution is 7.12. The van der Waals surface area contributed by atoms with E-state index < -0.39 is 0 Å². The standard InChI is InChI=1S/C15H18FNS/c1-4-12-8-9-14(18-12)11(3)17-15-10(2)6-5-7-13(15)16/h5-9,11,17H,4H2,1-3H3. The van der Waals surface area contributed by atoms with Gasteiger partial charge in [-0.1, -0.05) is 19.1 Å². The highest BCUT2D eigenvalue weighted by Gasteiger charge is 2.12. The third-order valence-electron chi connectivity index (χ3n) is 3.04. The van der Waals surface area contributed by atoms with Crippen LogP contribution in [0.5, 0.6) is 0 Å². The lowest BCUT2D eigenvalue weighted by Crippen LogP contribution is -2.07. The molecule has 2 rings (SSSR count). The molecule has 1 unspecified atom stereocenters. The predicted octanol–water partition coefficient (Wildman–Crippen LogP) is 4.93. The number of hydrogen-bond donors (Lipinski definition) is 1. The van der Waals surface area contributed by atoms with Crippen LogP contribution in [0.25, 0.3) is 0 Å². The van der Waals surface area contributed by atoms with E-state index in [0.29, 0.717) is 5.69 Å². The van der Waals surface area contributed by atoms with Gasteiger partial charge in [-0.15, -0.1) is 11.3 Å². The smallest absolute Gasteiger partial charge is 0.146 e. The Labute approximate surface area is 112 Å². The minimum Gasteiger partial charge on any atom is -0.375 e. The van der Waals surface area contributed by atoms with Gasteiger partial charge in [0.15, 0.2) is 0 Å². The summed E-state index contributed by atoms with van der Waals surface area (Å²) in [5.74, 6) is -0.186. The molecule has 0 fully saturated rings. The van der Waals surface area contributed by atoms with Crippen LogP contribution in [0.2, 0.25) is 0 Å². The monoisotopic (exact) mass is 263 g/mol. The van der Waals surface area contributed by atoms with Gasteiger partial charge in [0.2, 0.25) is 0 Å². The molecule has 2 aromatic rings. The van der Waals surface area contributed by atoms with E-state index in [-0.39, 0.29) is 11.9 Å². The van der Waals surface area contributed by atoms with Gasteiger partial charge in [-0.25, -0.2) is 4.39 Å². The van der Waals surface area contributed by atoms with Gasteiger partial charge >= 0.3 is 0 Å². The fourth-order valence-electron chi connectivity index (χ4n) is 1.92. The van der Waals surface area contributed by atoms with Crippen molar-refractivity contribution in [2.75, 3.05) is 5.32 Å². The van der Waals surface area contributed by atoms with E-state index in [1.807, 2.05) is 13.0 Å². The van der Waals surface area contributed by atoms with Crippen molar-refractivity contribution in [3.8, 4) is 0 Å². The van der Waals surface area contributed by atoms with Crippen molar-refractivity contribution >= 4 is 17.0 Å². The van der Waals surface area contributed by atoms with Crippen LogP contribution in [0.3, 0.4) is 0 Å². The van der Waals surface area contributed by atoms with E-state index >= 15 is 0 Å². The average molecular weight is 263 g/mol. The van der Waals surface area contributed by atoms with E-state index in [2.05, 4.69) is 31.3 Å². The third kappa shape index (κ3) is 2.72. The Balaban J connectivity index is 2.18. The highest BCUT2D eigenvalue weighted by atomic mass is 32.1. The molecule has 1 aromatic heterocycles. The van der Waals surface area contributed by atoms with Gasteiger partial charge in [-0.2, -0.15) is 0 Å². The summed E-state index contributed by atoms with van der Waals surface area (Å²) in [6, 6.07) is 9.55. The van der Waals surface area contributed by atoms with Gasteiger partial charge in [0.25, 0.3) is 0 Å². The number of benzene rings is 1. The topological polar surface area (TPSA) is 12.0 Å². The van der Waals surface area contributed by atoms with Crippen LogP contribution in [0.1, 0.15) is 35.2 Å². The van der Waals surface area contributed by atoms with Crippen LogP contribution in [-0.2, 0) is 6.42 Å². The zero-order chi connectivity index (χ0) is 13.1. The first-order chi connectivity index (χ1) is 8.61. The summed E-state index contributed by atoms with van der Waals surface area (Å²) in [5, 5.41) is 3.27. The second-order valence-corrected chi connectivity index (χ2v) is 5.66. The largest absolute Gasteiger partial charge is 0.375 e. The maximum Gasteiger partial charge on any atom is 0.146 e. The van der Waals surface area contributed by atoms with E-state index in [9.17, 15) is 4.39 Å². The first-order valence-electron chi connectivity index (χ1n) is 6.22. The van der Waals surface area contributed by atoms with Gasteiger partial charge in [-0.3, -0.25) is 0 Å².